The predicted octanol–water partition coefficient (Wildman–Crippen LogP) is 6.00. The van der Waals surface area contributed by atoms with Gasteiger partial charge in [-0.05, 0) is 42.9 Å². The van der Waals surface area contributed by atoms with Gasteiger partial charge in [-0.3, -0.25) is 0 Å². The number of nitrogens with one attached hydrogen (secondary N) is 1. The number of nitrogens with zero attached hydrogens (tertiary/aromatic N) is 1. The summed E-state index contributed by atoms with van der Waals surface area (Å²) in [6.45, 7) is 9.24. The third-order valence-corrected chi connectivity index (χ3v) is 4.64. The summed E-state index contributed by atoms with van der Waals surface area (Å²) < 4.78 is 5.75. The van der Waals surface area contributed by atoms with Crippen molar-refractivity contribution in [2.45, 2.75) is 59.5 Å². The minimum absolute atomic E-state index is 0.287. The van der Waals surface area contributed by atoms with Crippen LogP contribution in [0.25, 0.3) is 0 Å². The van der Waals surface area contributed by atoms with Crippen molar-refractivity contribution in [3.05, 3.63) is 59.8 Å². The van der Waals surface area contributed by atoms with E-state index in [-0.39, 0.29) is 5.41 Å². The van der Waals surface area contributed by atoms with Crippen LogP contribution in [0.4, 0.5) is 5.82 Å². The molecule has 3 nitrogen and oxygen atoms in total. The molecule has 0 fully saturated rings. The number of hydrogen-bond acceptors (Lipinski definition) is 3. The van der Waals surface area contributed by atoms with Crippen molar-refractivity contribution in [1.29, 1.82) is 0 Å². The van der Waals surface area contributed by atoms with Gasteiger partial charge in [0, 0.05) is 18.8 Å². The number of aromatic nitrogens is 1. The Hall–Kier alpha value is -1.87. The molecule has 2 aromatic rings. The maximum atomic E-state index is 5.75. The van der Waals surface area contributed by atoms with Crippen molar-refractivity contribution in [2.24, 2.45) is 5.41 Å². The molecule has 3 heteroatoms. The van der Waals surface area contributed by atoms with Gasteiger partial charge in [0.05, 0.1) is 6.61 Å². The number of hydrogen-bond donors (Lipinski definition) is 1. The third-order valence-electron chi connectivity index (χ3n) is 4.64. The Labute approximate surface area is 159 Å². The molecule has 0 aliphatic carbocycles. The van der Waals surface area contributed by atoms with Gasteiger partial charge in [-0.15, -0.1) is 0 Å². The Morgan fingerprint density at radius 1 is 0.923 bits per heavy atom. The lowest BCUT2D eigenvalue weighted by Crippen LogP contribution is -2.23. The van der Waals surface area contributed by atoms with E-state index in [0.29, 0.717) is 0 Å². The van der Waals surface area contributed by atoms with Crippen LogP contribution in [0.15, 0.2) is 48.5 Å². The van der Waals surface area contributed by atoms with Crippen molar-refractivity contribution in [1.82, 2.24) is 4.98 Å². The summed E-state index contributed by atoms with van der Waals surface area (Å²) in [6.07, 6.45) is 6.18. The van der Waals surface area contributed by atoms with Crippen molar-refractivity contribution in [2.75, 3.05) is 18.5 Å². The molecule has 0 saturated carbocycles. The molecule has 0 spiro atoms. The molecule has 0 bridgehead atoms. The van der Waals surface area contributed by atoms with Crippen molar-refractivity contribution >= 4 is 5.82 Å². The number of benzene rings is 1. The zero-order valence-corrected chi connectivity index (χ0v) is 16.6. The monoisotopic (exact) mass is 354 g/mol. The van der Waals surface area contributed by atoms with Crippen LogP contribution in [0.2, 0.25) is 0 Å². The van der Waals surface area contributed by atoms with Gasteiger partial charge in [0.1, 0.15) is 5.82 Å². The fourth-order valence-corrected chi connectivity index (χ4v) is 2.99. The van der Waals surface area contributed by atoms with E-state index in [2.05, 4.69) is 54.5 Å². The molecule has 1 aromatic carbocycles. The molecule has 0 atom stereocenters. The van der Waals surface area contributed by atoms with E-state index in [1.807, 2.05) is 25.1 Å². The van der Waals surface area contributed by atoms with Gasteiger partial charge in [-0.2, -0.15) is 0 Å². The average molecular weight is 355 g/mol. The van der Waals surface area contributed by atoms with Gasteiger partial charge in [0.2, 0.25) is 0 Å². The molecule has 0 amide bonds. The predicted molar refractivity (Wildman–Crippen MR) is 110 cm³/mol. The van der Waals surface area contributed by atoms with E-state index in [9.17, 15) is 0 Å². The van der Waals surface area contributed by atoms with Crippen LogP contribution < -0.4 is 5.32 Å². The fourth-order valence-electron chi connectivity index (χ4n) is 2.99. The highest BCUT2D eigenvalue weighted by Gasteiger charge is 2.17. The topological polar surface area (TPSA) is 34.1 Å². The summed E-state index contributed by atoms with van der Waals surface area (Å²) in [5, 5.41) is 3.48. The minimum atomic E-state index is 0.287. The largest absolute Gasteiger partial charge is 0.377 e. The lowest BCUT2D eigenvalue weighted by Gasteiger charge is -2.25. The Balaban J connectivity index is 1.50. The summed E-state index contributed by atoms with van der Waals surface area (Å²) in [7, 11) is 0. The first kappa shape index (κ1) is 20.4. The van der Waals surface area contributed by atoms with E-state index in [1.165, 1.54) is 31.2 Å². The first-order valence-electron chi connectivity index (χ1n) is 9.84. The Morgan fingerprint density at radius 3 is 2.46 bits per heavy atom. The van der Waals surface area contributed by atoms with Crippen molar-refractivity contribution in [3.8, 4) is 0 Å². The van der Waals surface area contributed by atoms with E-state index in [0.717, 1.165) is 37.7 Å². The van der Waals surface area contributed by atoms with Crippen LogP contribution >= 0.6 is 0 Å². The molecule has 1 N–H and O–H groups in total. The number of anilines is 1. The Bertz CT molecular complexity index is 625. The van der Waals surface area contributed by atoms with Gasteiger partial charge in [-0.1, -0.05) is 69.5 Å². The standard InChI is InChI=1S/C23H34N2O/c1-20-12-11-15-22(25-20)24-19-23(2,3)16-9-4-5-10-17-26-18-21-13-7-6-8-14-21/h6-8,11-15H,4-5,9-10,16-19H2,1-3H3,(H,24,25). The number of ether oxygens (including phenoxy) is 1. The highest BCUT2D eigenvalue weighted by molar-refractivity contribution is 5.35. The number of unbranched alkanes of at least 4 members (excludes halogenated alkanes) is 3. The molecule has 0 aliphatic rings. The molecule has 0 unspecified atom stereocenters. The quantitative estimate of drug-likeness (QED) is 0.475. The van der Waals surface area contributed by atoms with Gasteiger partial charge in [0.15, 0.2) is 0 Å². The zero-order valence-electron chi connectivity index (χ0n) is 16.6. The molecule has 142 valence electrons. The molecular weight excluding hydrogens is 320 g/mol. The number of rotatable bonds is 12. The summed E-state index contributed by atoms with van der Waals surface area (Å²) >= 11 is 0. The van der Waals surface area contributed by atoms with Crippen LogP contribution in [0.3, 0.4) is 0 Å². The summed E-state index contributed by atoms with van der Waals surface area (Å²) in [4.78, 5) is 4.51. The molecule has 26 heavy (non-hydrogen) atoms. The van der Waals surface area contributed by atoms with Gasteiger partial charge >= 0.3 is 0 Å². The summed E-state index contributed by atoms with van der Waals surface area (Å²) in [5.74, 6) is 0.980. The molecule has 2 rings (SSSR count). The number of aryl methyl sites for hydroxylation is 1. The minimum Gasteiger partial charge on any atom is -0.377 e. The SMILES string of the molecule is Cc1cccc(NCC(C)(C)CCCCCCOCc2ccccc2)n1. The van der Waals surface area contributed by atoms with E-state index >= 15 is 0 Å². The third kappa shape index (κ3) is 8.48. The van der Waals surface area contributed by atoms with Crippen molar-refractivity contribution in [3.63, 3.8) is 0 Å². The Kier molecular flexibility index (Phi) is 8.63. The van der Waals surface area contributed by atoms with E-state index < -0.39 is 0 Å². The van der Waals surface area contributed by atoms with Crippen LogP contribution in [0.5, 0.6) is 0 Å². The molecule has 1 aromatic heterocycles. The molecule has 0 aliphatic heterocycles. The van der Waals surface area contributed by atoms with Gasteiger partial charge < -0.3 is 10.1 Å². The van der Waals surface area contributed by atoms with E-state index in [1.54, 1.807) is 0 Å². The second-order valence-corrected chi connectivity index (χ2v) is 7.88. The fraction of sp³-hybridized carbons (Fsp3) is 0.522. The van der Waals surface area contributed by atoms with E-state index in [4.69, 9.17) is 4.74 Å². The second-order valence-electron chi connectivity index (χ2n) is 7.88. The Morgan fingerprint density at radius 2 is 1.69 bits per heavy atom. The summed E-state index contributed by atoms with van der Waals surface area (Å²) in [6, 6.07) is 16.5. The lowest BCUT2D eigenvalue weighted by molar-refractivity contribution is 0.116. The molecular formula is C23H34N2O. The molecule has 0 saturated heterocycles. The highest BCUT2D eigenvalue weighted by atomic mass is 16.5. The average Bonchev–Trinajstić information content (AvgIpc) is 2.63. The lowest BCUT2D eigenvalue weighted by atomic mass is 9.86. The number of pyridine rings is 1. The summed E-state index contributed by atoms with van der Waals surface area (Å²) in [5.41, 5.74) is 2.60. The molecule has 0 radical (unpaired) electrons. The zero-order chi connectivity index (χ0) is 18.7. The maximum Gasteiger partial charge on any atom is 0.126 e. The normalized spacial score (nSPS) is 11.5. The smallest absolute Gasteiger partial charge is 0.126 e. The maximum absolute atomic E-state index is 5.75. The second kappa shape index (κ2) is 11.0. The molecule has 1 heterocycles. The van der Waals surface area contributed by atoms with Gasteiger partial charge in [-0.25, -0.2) is 4.98 Å². The highest BCUT2D eigenvalue weighted by Crippen LogP contribution is 2.24. The first-order valence-corrected chi connectivity index (χ1v) is 9.84. The van der Waals surface area contributed by atoms with Gasteiger partial charge in [0.25, 0.3) is 0 Å². The van der Waals surface area contributed by atoms with Crippen LogP contribution in [-0.2, 0) is 11.3 Å². The van der Waals surface area contributed by atoms with Crippen LogP contribution in [0, 0.1) is 12.3 Å². The van der Waals surface area contributed by atoms with Crippen LogP contribution in [0.1, 0.15) is 57.2 Å². The van der Waals surface area contributed by atoms with Crippen LogP contribution in [-0.4, -0.2) is 18.1 Å². The van der Waals surface area contributed by atoms with Crippen molar-refractivity contribution < 1.29 is 4.74 Å². The first-order chi connectivity index (χ1) is 12.6.